The van der Waals surface area contributed by atoms with Crippen molar-refractivity contribution in [3.63, 3.8) is 0 Å². The van der Waals surface area contributed by atoms with E-state index in [1.165, 1.54) is 0 Å². The third kappa shape index (κ3) is 6.06. The summed E-state index contributed by atoms with van der Waals surface area (Å²) in [6, 6.07) is 7.76. The molecule has 6 nitrogen and oxygen atoms in total. The van der Waals surface area contributed by atoms with Gasteiger partial charge in [0.15, 0.2) is 0 Å². The van der Waals surface area contributed by atoms with E-state index in [0.29, 0.717) is 17.7 Å². The van der Waals surface area contributed by atoms with Crippen molar-refractivity contribution in [2.24, 2.45) is 5.92 Å². The second kappa shape index (κ2) is 8.02. The molecule has 1 unspecified atom stereocenters. The van der Waals surface area contributed by atoms with Gasteiger partial charge < -0.3 is 10.4 Å². The zero-order valence-electron chi connectivity index (χ0n) is 12.1. The molecule has 0 spiro atoms. The van der Waals surface area contributed by atoms with Gasteiger partial charge in [-0.05, 0) is 30.5 Å². The minimum Gasteiger partial charge on any atom is -0.480 e. The Hall–Kier alpha value is -2.39. The number of carbonyl (C=O) groups is 2. The number of carboxylic acid groups (broad SMARTS) is 1. The highest BCUT2D eigenvalue weighted by molar-refractivity contribution is 5.92. The van der Waals surface area contributed by atoms with Crippen molar-refractivity contribution < 1.29 is 14.7 Å². The number of hydrogen-bond acceptors (Lipinski definition) is 4. The predicted molar refractivity (Wildman–Crippen MR) is 78.7 cm³/mol. The van der Waals surface area contributed by atoms with Crippen molar-refractivity contribution in [2.75, 3.05) is 11.9 Å². The molecule has 112 valence electrons. The number of benzene rings is 1. The number of amides is 1. The van der Waals surface area contributed by atoms with Crippen LogP contribution in [0.25, 0.3) is 0 Å². The summed E-state index contributed by atoms with van der Waals surface area (Å²) in [5, 5.41) is 23.2. The number of nitrogens with zero attached hydrogens (tertiary/aromatic N) is 1. The normalized spacial score (nSPS) is 11.7. The molecule has 1 aromatic carbocycles. The molecule has 0 radical (unpaired) electrons. The number of anilines is 1. The van der Waals surface area contributed by atoms with Gasteiger partial charge in [-0.25, -0.2) is 0 Å². The van der Waals surface area contributed by atoms with Gasteiger partial charge in [0, 0.05) is 5.69 Å². The molecule has 21 heavy (non-hydrogen) atoms. The number of nitrogens with one attached hydrogen (secondary N) is 2. The number of rotatable bonds is 7. The predicted octanol–water partition coefficient (Wildman–Crippen LogP) is 1.59. The maximum Gasteiger partial charge on any atom is 0.320 e. The molecule has 0 fully saturated rings. The number of carbonyl (C=O) groups excluding carboxylic acids is 1. The molecule has 0 aliphatic rings. The van der Waals surface area contributed by atoms with Crippen LogP contribution in [-0.2, 0) is 9.59 Å². The summed E-state index contributed by atoms with van der Waals surface area (Å²) in [6.07, 6.45) is 0.451. The number of carboxylic acids is 1. The van der Waals surface area contributed by atoms with Crippen LogP contribution in [0.15, 0.2) is 24.3 Å². The molecule has 3 N–H and O–H groups in total. The molecule has 0 heterocycles. The Bertz CT molecular complexity index is 549. The second-order valence-corrected chi connectivity index (χ2v) is 5.14. The molecular weight excluding hydrogens is 270 g/mol. The summed E-state index contributed by atoms with van der Waals surface area (Å²) in [7, 11) is 0. The molecule has 1 amide bonds. The highest BCUT2D eigenvalue weighted by Gasteiger charge is 2.19. The third-order valence-electron chi connectivity index (χ3n) is 2.79. The van der Waals surface area contributed by atoms with E-state index in [4.69, 9.17) is 10.4 Å². The van der Waals surface area contributed by atoms with E-state index in [1.54, 1.807) is 24.3 Å². The first-order valence-corrected chi connectivity index (χ1v) is 6.68. The van der Waals surface area contributed by atoms with Crippen molar-refractivity contribution in [2.45, 2.75) is 26.3 Å². The zero-order chi connectivity index (χ0) is 15.8. The van der Waals surface area contributed by atoms with Crippen molar-refractivity contribution in [3.05, 3.63) is 29.8 Å². The fraction of sp³-hybridized carbons (Fsp3) is 0.400. The van der Waals surface area contributed by atoms with Crippen LogP contribution in [0.4, 0.5) is 5.69 Å². The summed E-state index contributed by atoms with van der Waals surface area (Å²) in [4.78, 5) is 22.8. The lowest BCUT2D eigenvalue weighted by atomic mass is 10.0. The van der Waals surface area contributed by atoms with Crippen LogP contribution in [0.5, 0.6) is 0 Å². The molecule has 0 aromatic heterocycles. The van der Waals surface area contributed by atoms with Gasteiger partial charge in [-0.2, -0.15) is 5.26 Å². The van der Waals surface area contributed by atoms with Crippen LogP contribution in [0, 0.1) is 17.2 Å². The van der Waals surface area contributed by atoms with Crippen LogP contribution in [0.2, 0.25) is 0 Å². The Morgan fingerprint density at radius 1 is 1.38 bits per heavy atom. The Labute approximate surface area is 123 Å². The molecule has 0 aliphatic carbocycles. The first kappa shape index (κ1) is 16.7. The highest BCUT2D eigenvalue weighted by atomic mass is 16.4. The van der Waals surface area contributed by atoms with Crippen LogP contribution >= 0.6 is 0 Å². The Balaban J connectivity index is 2.53. The SMILES string of the molecule is CC(C)CC(NCC(=O)Nc1cccc(C#N)c1)C(=O)O. The average molecular weight is 289 g/mol. The van der Waals surface area contributed by atoms with Crippen molar-refractivity contribution in [3.8, 4) is 6.07 Å². The Kier molecular flexibility index (Phi) is 6.37. The van der Waals surface area contributed by atoms with Crippen molar-refractivity contribution >= 4 is 17.6 Å². The van der Waals surface area contributed by atoms with E-state index < -0.39 is 12.0 Å². The lowest BCUT2D eigenvalue weighted by Crippen LogP contribution is -2.42. The van der Waals surface area contributed by atoms with Crippen molar-refractivity contribution in [1.29, 1.82) is 5.26 Å². The van der Waals surface area contributed by atoms with Gasteiger partial charge in [0.2, 0.25) is 5.91 Å². The van der Waals surface area contributed by atoms with Crippen LogP contribution in [-0.4, -0.2) is 29.6 Å². The standard InChI is InChI=1S/C15H19N3O3/c1-10(2)6-13(15(20)21)17-9-14(19)18-12-5-3-4-11(7-12)8-16/h3-5,7,10,13,17H,6,9H2,1-2H3,(H,18,19)(H,20,21). The van der Waals surface area contributed by atoms with Gasteiger partial charge in [0.05, 0.1) is 18.2 Å². The quantitative estimate of drug-likeness (QED) is 0.707. The molecule has 1 rings (SSSR count). The van der Waals surface area contributed by atoms with Crippen molar-refractivity contribution in [1.82, 2.24) is 5.32 Å². The van der Waals surface area contributed by atoms with Gasteiger partial charge >= 0.3 is 5.97 Å². The summed E-state index contributed by atoms with van der Waals surface area (Å²) >= 11 is 0. The molecular formula is C15H19N3O3. The fourth-order valence-electron chi connectivity index (χ4n) is 1.83. The van der Waals surface area contributed by atoms with Gasteiger partial charge in [-0.3, -0.25) is 14.9 Å². The highest BCUT2D eigenvalue weighted by Crippen LogP contribution is 2.09. The van der Waals surface area contributed by atoms with E-state index in [9.17, 15) is 9.59 Å². The largest absolute Gasteiger partial charge is 0.480 e. The Morgan fingerprint density at radius 3 is 2.67 bits per heavy atom. The van der Waals surface area contributed by atoms with E-state index in [-0.39, 0.29) is 18.4 Å². The van der Waals surface area contributed by atoms with Gasteiger partial charge in [0.25, 0.3) is 0 Å². The third-order valence-corrected chi connectivity index (χ3v) is 2.79. The minimum atomic E-state index is -0.969. The molecule has 0 saturated heterocycles. The lowest BCUT2D eigenvalue weighted by Gasteiger charge is -2.16. The molecule has 6 heteroatoms. The van der Waals surface area contributed by atoms with E-state index in [0.717, 1.165) is 0 Å². The second-order valence-electron chi connectivity index (χ2n) is 5.14. The number of aliphatic carboxylic acids is 1. The smallest absolute Gasteiger partial charge is 0.320 e. The zero-order valence-corrected chi connectivity index (χ0v) is 12.1. The number of nitriles is 1. The summed E-state index contributed by atoms with van der Waals surface area (Å²) in [5.41, 5.74) is 0.959. The Morgan fingerprint density at radius 2 is 2.10 bits per heavy atom. The van der Waals surface area contributed by atoms with E-state index >= 15 is 0 Å². The summed E-state index contributed by atoms with van der Waals surface area (Å²) in [6.45, 7) is 3.75. The lowest BCUT2D eigenvalue weighted by molar-refractivity contribution is -0.139. The maximum atomic E-state index is 11.8. The molecule has 1 atom stereocenters. The van der Waals surface area contributed by atoms with Crippen LogP contribution in [0.3, 0.4) is 0 Å². The van der Waals surface area contributed by atoms with E-state index in [2.05, 4.69) is 10.6 Å². The minimum absolute atomic E-state index is 0.0968. The topological polar surface area (TPSA) is 102 Å². The maximum absolute atomic E-state index is 11.8. The van der Waals surface area contributed by atoms with Gasteiger partial charge in [-0.1, -0.05) is 19.9 Å². The summed E-state index contributed by atoms with van der Waals surface area (Å²) < 4.78 is 0. The average Bonchev–Trinajstić information content (AvgIpc) is 2.43. The number of hydrogen-bond donors (Lipinski definition) is 3. The monoisotopic (exact) mass is 289 g/mol. The molecule has 0 aliphatic heterocycles. The first-order valence-electron chi connectivity index (χ1n) is 6.68. The fourth-order valence-corrected chi connectivity index (χ4v) is 1.83. The molecule has 1 aromatic rings. The summed E-state index contributed by atoms with van der Waals surface area (Å²) in [5.74, 6) is -1.10. The van der Waals surface area contributed by atoms with Gasteiger partial charge in [-0.15, -0.1) is 0 Å². The van der Waals surface area contributed by atoms with Crippen LogP contribution in [0.1, 0.15) is 25.8 Å². The van der Waals surface area contributed by atoms with Gasteiger partial charge in [0.1, 0.15) is 6.04 Å². The molecule has 0 bridgehead atoms. The van der Waals surface area contributed by atoms with E-state index in [1.807, 2.05) is 19.9 Å². The first-order chi connectivity index (χ1) is 9.92. The molecule has 0 saturated carbocycles. The van der Waals surface area contributed by atoms with Crippen LogP contribution < -0.4 is 10.6 Å².